The lowest BCUT2D eigenvalue weighted by Crippen LogP contribution is -2.20. The number of hydrogen-bond donors (Lipinski definition) is 1. The number of carbonyl (C=O) groups is 1. The van der Waals surface area contributed by atoms with Crippen LogP contribution in [0.2, 0.25) is 0 Å². The highest BCUT2D eigenvalue weighted by Gasteiger charge is 2.07. The number of hydrogen-bond acceptors (Lipinski definition) is 5. The molecule has 0 saturated carbocycles. The molecule has 1 aromatic heterocycles. The Morgan fingerprint density at radius 1 is 1.12 bits per heavy atom. The molecule has 0 bridgehead atoms. The first kappa shape index (κ1) is 15.7. The lowest BCUT2D eigenvalue weighted by molar-refractivity contribution is -0.118. The van der Waals surface area contributed by atoms with Gasteiger partial charge in [0, 0.05) is 18.2 Å². The highest BCUT2D eigenvalue weighted by Crippen LogP contribution is 2.20. The van der Waals surface area contributed by atoms with Crippen molar-refractivity contribution >= 4 is 11.6 Å². The first-order valence-corrected chi connectivity index (χ1v) is 7.50. The number of amides is 1. The zero-order chi connectivity index (χ0) is 16.9. The molecule has 6 heteroatoms. The fraction of sp³-hybridized carbons (Fsp3) is 0.167. The Labute approximate surface area is 139 Å². The Balaban J connectivity index is 1.56. The molecule has 0 unspecified atom stereocenters. The first-order chi connectivity index (χ1) is 11.6. The third kappa shape index (κ3) is 3.98. The van der Waals surface area contributed by atoms with E-state index < -0.39 is 0 Å². The summed E-state index contributed by atoms with van der Waals surface area (Å²) in [5.74, 6) is 1.41. The average molecular weight is 323 g/mol. The zero-order valence-corrected chi connectivity index (χ0v) is 13.4. The summed E-state index contributed by atoms with van der Waals surface area (Å²) in [7, 11) is 0. The van der Waals surface area contributed by atoms with E-state index >= 15 is 0 Å². The first-order valence-electron chi connectivity index (χ1n) is 7.50. The van der Waals surface area contributed by atoms with Gasteiger partial charge in [-0.05, 0) is 48.9 Å². The maximum atomic E-state index is 12.0. The molecule has 0 aliphatic rings. The molecule has 1 heterocycles. The summed E-state index contributed by atoms with van der Waals surface area (Å²) in [4.78, 5) is 12.0. The van der Waals surface area contributed by atoms with Crippen molar-refractivity contribution in [3.63, 3.8) is 0 Å². The lowest BCUT2D eigenvalue weighted by atomic mass is 10.2. The van der Waals surface area contributed by atoms with Gasteiger partial charge in [0.25, 0.3) is 5.91 Å². The maximum Gasteiger partial charge on any atom is 0.262 e. The summed E-state index contributed by atoms with van der Waals surface area (Å²) in [6.45, 7) is 3.66. The minimum Gasteiger partial charge on any atom is -0.484 e. The third-order valence-electron chi connectivity index (χ3n) is 3.30. The molecule has 1 N–H and O–H groups in total. The molecule has 0 atom stereocenters. The minimum atomic E-state index is -0.224. The Bertz CT molecular complexity index is 841. The van der Waals surface area contributed by atoms with Crippen LogP contribution in [0.4, 0.5) is 5.69 Å². The predicted molar refractivity (Wildman–Crippen MR) is 89.8 cm³/mol. The van der Waals surface area contributed by atoms with E-state index in [-0.39, 0.29) is 12.5 Å². The van der Waals surface area contributed by atoms with Crippen molar-refractivity contribution in [3.8, 4) is 17.2 Å². The van der Waals surface area contributed by atoms with Gasteiger partial charge in [-0.25, -0.2) is 0 Å². The van der Waals surface area contributed by atoms with Gasteiger partial charge in [-0.2, -0.15) is 0 Å². The predicted octanol–water partition coefficient (Wildman–Crippen LogP) is 3.37. The summed E-state index contributed by atoms with van der Waals surface area (Å²) in [5.41, 5.74) is 2.55. The summed E-state index contributed by atoms with van der Waals surface area (Å²) in [5, 5.41) is 10.5. The van der Waals surface area contributed by atoms with Crippen molar-refractivity contribution < 1.29 is 13.9 Å². The molecule has 0 aliphatic carbocycles. The summed E-state index contributed by atoms with van der Waals surface area (Å²) in [6.07, 6.45) is 0. The third-order valence-corrected chi connectivity index (χ3v) is 3.30. The number of rotatable bonds is 5. The van der Waals surface area contributed by atoms with Gasteiger partial charge in [0.1, 0.15) is 5.75 Å². The van der Waals surface area contributed by atoms with Crippen LogP contribution in [-0.2, 0) is 4.79 Å². The van der Waals surface area contributed by atoms with Crippen molar-refractivity contribution in [2.24, 2.45) is 0 Å². The van der Waals surface area contributed by atoms with Gasteiger partial charge in [0.2, 0.25) is 11.8 Å². The van der Waals surface area contributed by atoms with Crippen LogP contribution in [0.25, 0.3) is 11.5 Å². The number of nitrogens with zero attached hydrogens (tertiary/aromatic N) is 2. The number of ether oxygens (including phenoxy) is 1. The van der Waals surface area contributed by atoms with Crippen LogP contribution in [-0.4, -0.2) is 22.7 Å². The van der Waals surface area contributed by atoms with Crippen molar-refractivity contribution in [1.29, 1.82) is 0 Å². The molecule has 0 saturated heterocycles. The van der Waals surface area contributed by atoms with Crippen molar-refractivity contribution in [2.45, 2.75) is 13.8 Å². The number of nitrogens with one attached hydrogen (secondary N) is 1. The molecule has 6 nitrogen and oxygen atoms in total. The fourth-order valence-electron chi connectivity index (χ4n) is 2.16. The van der Waals surface area contributed by atoms with E-state index in [1.54, 1.807) is 19.1 Å². The van der Waals surface area contributed by atoms with Crippen molar-refractivity contribution in [3.05, 3.63) is 60.0 Å². The van der Waals surface area contributed by atoms with Gasteiger partial charge in [-0.3, -0.25) is 4.79 Å². The quantitative estimate of drug-likeness (QED) is 0.779. The number of aryl methyl sites for hydroxylation is 2. The Kier molecular flexibility index (Phi) is 4.56. The van der Waals surface area contributed by atoms with Gasteiger partial charge in [-0.1, -0.05) is 12.1 Å². The Hall–Kier alpha value is -3.15. The van der Waals surface area contributed by atoms with Gasteiger partial charge in [0.05, 0.1) is 0 Å². The highest BCUT2D eigenvalue weighted by atomic mass is 16.5. The van der Waals surface area contributed by atoms with Crippen LogP contribution in [0.3, 0.4) is 0 Å². The van der Waals surface area contributed by atoms with Gasteiger partial charge < -0.3 is 14.5 Å². The van der Waals surface area contributed by atoms with E-state index in [1.165, 1.54) is 0 Å². The standard InChI is InChI=1S/C18H17N3O3/c1-12-4-3-5-16(10-12)23-11-17(22)19-15-8-6-14(7-9-15)18-21-20-13(2)24-18/h3-10H,11H2,1-2H3,(H,19,22). The molecule has 0 fully saturated rings. The second kappa shape index (κ2) is 6.95. The van der Waals surface area contributed by atoms with Crippen LogP contribution >= 0.6 is 0 Å². The second-order valence-electron chi connectivity index (χ2n) is 5.36. The van der Waals surface area contributed by atoms with Crippen LogP contribution in [0.1, 0.15) is 11.5 Å². The monoisotopic (exact) mass is 323 g/mol. The number of benzene rings is 2. The summed E-state index contributed by atoms with van der Waals surface area (Å²) in [6, 6.07) is 14.7. The number of anilines is 1. The van der Waals surface area contributed by atoms with Crippen molar-refractivity contribution in [1.82, 2.24) is 10.2 Å². The molecule has 24 heavy (non-hydrogen) atoms. The normalized spacial score (nSPS) is 10.4. The Morgan fingerprint density at radius 2 is 1.92 bits per heavy atom. The number of carbonyl (C=O) groups excluding carboxylic acids is 1. The molecule has 2 aromatic carbocycles. The van der Waals surface area contributed by atoms with E-state index in [2.05, 4.69) is 15.5 Å². The van der Waals surface area contributed by atoms with E-state index in [9.17, 15) is 4.79 Å². The maximum absolute atomic E-state index is 12.0. The van der Waals surface area contributed by atoms with E-state index in [0.717, 1.165) is 11.1 Å². The Morgan fingerprint density at radius 3 is 2.58 bits per heavy atom. The van der Waals surface area contributed by atoms with Crippen LogP contribution < -0.4 is 10.1 Å². The molecule has 1 amide bonds. The largest absolute Gasteiger partial charge is 0.484 e. The molecule has 0 spiro atoms. The molecular formula is C18H17N3O3. The molecule has 3 aromatic rings. The van der Waals surface area contributed by atoms with E-state index in [0.29, 0.717) is 23.2 Å². The molecule has 122 valence electrons. The zero-order valence-electron chi connectivity index (χ0n) is 13.4. The van der Waals surface area contributed by atoms with E-state index in [4.69, 9.17) is 9.15 Å². The SMILES string of the molecule is Cc1cccc(OCC(=O)Nc2ccc(-c3nnc(C)o3)cc2)c1. The molecule has 0 aliphatic heterocycles. The van der Waals surface area contributed by atoms with Crippen LogP contribution in [0.5, 0.6) is 5.75 Å². The fourth-order valence-corrected chi connectivity index (χ4v) is 2.16. The number of aromatic nitrogens is 2. The van der Waals surface area contributed by atoms with Crippen LogP contribution in [0, 0.1) is 13.8 Å². The lowest BCUT2D eigenvalue weighted by Gasteiger charge is -2.08. The van der Waals surface area contributed by atoms with Gasteiger partial charge in [-0.15, -0.1) is 10.2 Å². The summed E-state index contributed by atoms with van der Waals surface area (Å²) < 4.78 is 10.8. The highest BCUT2D eigenvalue weighted by molar-refractivity contribution is 5.92. The molecule has 0 radical (unpaired) electrons. The smallest absolute Gasteiger partial charge is 0.262 e. The topological polar surface area (TPSA) is 77.2 Å². The van der Waals surface area contributed by atoms with Gasteiger partial charge >= 0.3 is 0 Å². The average Bonchev–Trinajstić information content (AvgIpc) is 3.00. The minimum absolute atomic E-state index is 0.0476. The summed E-state index contributed by atoms with van der Waals surface area (Å²) >= 11 is 0. The van der Waals surface area contributed by atoms with Crippen LogP contribution in [0.15, 0.2) is 52.9 Å². The van der Waals surface area contributed by atoms with Gasteiger partial charge in [0.15, 0.2) is 6.61 Å². The second-order valence-corrected chi connectivity index (χ2v) is 5.36. The van der Waals surface area contributed by atoms with E-state index in [1.807, 2.05) is 43.3 Å². The molecule has 3 rings (SSSR count). The molecular weight excluding hydrogens is 306 g/mol. The van der Waals surface area contributed by atoms with Crippen molar-refractivity contribution in [2.75, 3.05) is 11.9 Å².